The lowest BCUT2D eigenvalue weighted by Crippen LogP contribution is -2.67. The van der Waals surface area contributed by atoms with Crippen LogP contribution < -0.4 is 0 Å². The third kappa shape index (κ3) is 3.49. The van der Waals surface area contributed by atoms with Crippen molar-refractivity contribution in [3.05, 3.63) is 42.0 Å². The zero-order valence-corrected chi connectivity index (χ0v) is 11.5. The summed E-state index contributed by atoms with van der Waals surface area (Å²) in [7, 11) is 0. The van der Waals surface area contributed by atoms with Crippen LogP contribution in [0.2, 0.25) is 0 Å². The number of rotatable bonds is 4. The van der Waals surface area contributed by atoms with Gasteiger partial charge in [-0.05, 0) is 5.56 Å². The summed E-state index contributed by atoms with van der Waals surface area (Å²) < 4.78 is 0. The lowest BCUT2D eigenvalue weighted by Gasteiger charge is -2.46. The van der Waals surface area contributed by atoms with E-state index in [4.69, 9.17) is 0 Å². The van der Waals surface area contributed by atoms with Gasteiger partial charge in [0.15, 0.2) is 0 Å². The van der Waals surface area contributed by atoms with E-state index >= 15 is 0 Å². The minimum atomic E-state index is -1.48. The molecular formula is C15H21NO5. The highest BCUT2D eigenvalue weighted by Gasteiger charge is 2.46. The molecule has 0 saturated carbocycles. The monoisotopic (exact) mass is 295 g/mol. The van der Waals surface area contributed by atoms with E-state index in [0.29, 0.717) is 0 Å². The minimum Gasteiger partial charge on any atom is -0.395 e. The summed E-state index contributed by atoms with van der Waals surface area (Å²) in [6.07, 6.45) is -2.03. The molecule has 2 rings (SSSR count). The van der Waals surface area contributed by atoms with Gasteiger partial charge < -0.3 is 25.5 Å². The molecule has 0 radical (unpaired) electrons. The normalized spacial score (nSPS) is 34.4. The number of benzene rings is 1. The quantitative estimate of drug-likeness (QED) is 0.477. The highest BCUT2D eigenvalue weighted by Crippen LogP contribution is 2.23. The van der Waals surface area contributed by atoms with Crippen LogP contribution in [0.3, 0.4) is 0 Å². The van der Waals surface area contributed by atoms with Crippen LogP contribution in [0.15, 0.2) is 36.4 Å². The summed E-state index contributed by atoms with van der Waals surface area (Å²) in [5.74, 6) is 0. The van der Waals surface area contributed by atoms with Crippen molar-refractivity contribution in [2.45, 2.75) is 30.6 Å². The van der Waals surface area contributed by atoms with Crippen LogP contribution in [-0.4, -0.2) is 74.2 Å². The van der Waals surface area contributed by atoms with Crippen molar-refractivity contribution in [2.24, 2.45) is 0 Å². The van der Waals surface area contributed by atoms with Gasteiger partial charge in [-0.3, -0.25) is 4.90 Å². The van der Waals surface area contributed by atoms with Crippen LogP contribution in [0.25, 0.3) is 6.08 Å². The summed E-state index contributed by atoms with van der Waals surface area (Å²) in [4.78, 5) is 1.36. The summed E-state index contributed by atoms with van der Waals surface area (Å²) in [5, 5.41) is 48.5. The van der Waals surface area contributed by atoms with Gasteiger partial charge in [0.05, 0.1) is 12.6 Å². The van der Waals surface area contributed by atoms with E-state index < -0.39 is 37.2 Å². The molecule has 5 atom stereocenters. The fourth-order valence-corrected chi connectivity index (χ4v) is 2.53. The van der Waals surface area contributed by atoms with Gasteiger partial charge >= 0.3 is 0 Å². The second kappa shape index (κ2) is 7.13. The van der Waals surface area contributed by atoms with Crippen molar-refractivity contribution in [1.82, 2.24) is 4.90 Å². The lowest BCUT2D eigenvalue weighted by molar-refractivity contribution is -0.219. The summed E-state index contributed by atoms with van der Waals surface area (Å²) in [5.41, 5.74) is 0.977. The minimum absolute atomic E-state index is 0.224. The molecule has 1 aliphatic heterocycles. The molecule has 6 heteroatoms. The number of nitrogens with zero attached hydrogens (tertiary/aromatic N) is 1. The van der Waals surface area contributed by atoms with Gasteiger partial charge in [-0.25, -0.2) is 0 Å². The van der Waals surface area contributed by atoms with E-state index in [2.05, 4.69) is 0 Å². The Hall–Kier alpha value is -1.28. The first-order valence-electron chi connectivity index (χ1n) is 6.86. The molecule has 1 unspecified atom stereocenters. The smallest absolute Gasteiger partial charge is 0.136 e. The van der Waals surface area contributed by atoms with Crippen molar-refractivity contribution in [1.29, 1.82) is 0 Å². The fraction of sp³-hybridized carbons (Fsp3) is 0.467. The molecule has 1 aromatic rings. The molecule has 0 bridgehead atoms. The van der Waals surface area contributed by atoms with E-state index in [9.17, 15) is 25.5 Å². The molecule has 116 valence electrons. The fourth-order valence-electron chi connectivity index (χ4n) is 2.53. The van der Waals surface area contributed by atoms with E-state index in [1.807, 2.05) is 36.4 Å². The van der Waals surface area contributed by atoms with Crippen molar-refractivity contribution in [2.75, 3.05) is 13.2 Å². The Morgan fingerprint density at radius 3 is 2.24 bits per heavy atom. The maximum Gasteiger partial charge on any atom is 0.136 e. The van der Waals surface area contributed by atoms with Crippen LogP contribution in [0, 0.1) is 0 Å². The third-order valence-electron chi connectivity index (χ3n) is 3.78. The Morgan fingerprint density at radius 1 is 0.952 bits per heavy atom. The molecule has 21 heavy (non-hydrogen) atoms. The molecule has 1 aromatic carbocycles. The van der Waals surface area contributed by atoms with Crippen molar-refractivity contribution in [3.63, 3.8) is 0 Å². The van der Waals surface area contributed by atoms with E-state index in [-0.39, 0.29) is 6.54 Å². The topological polar surface area (TPSA) is 104 Å². The second-order valence-electron chi connectivity index (χ2n) is 5.15. The number of likely N-dealkylation sites (tertiary alicyclic amines) is 1. The molecule has 1 fully saturated rings. The van der Waals surface area contributed by atoms with Gasteiger partial charge in [0.25, 0.3) is 0 Å². The SMILES string of the molecule is OC[C@@H]1[C@@H](O)[C@H](O)[C@@H](O)C(O)N1C/C=C/c1ccccc1. The largest absolute Gasteiger partial charge is 0.395 e. The number of hydrogen-bond acceptors (Lipinski definition) is 6. The predicted molar refractivity (Wildman–Crippen MR) is 77.1 cm³/mol. The Bertz CT molecular complexity index is 466. The van der Waals surface area contributed by atoms with Gasteiger partial charge in [0.2, 0.25) is 0 Å². The van der Waals surface area contributed by atoms with Gasteiger partial charge in [0.1, 0.15) is 24.5 Å². The zero-order chi connectivity index (χ0) is 15.4. The third-order valence-corrected chi connectivity index (χ3v) is 3.78. The second-order valence-corrected chi connectivity index (χ2v) is 5.15. The van der Waals surface area contributed by atoms with E-state index in [0.717, 1.165) is 5.56 Å². The first-order chi connectivity index (χ1) is 10.1. The van der Waals surface area contributed by atoms with Gasteiger partial charge in [-0.1, -0.05) is 42.5 Å². The maximum atomic E-state index is 9.98. The molecule has 1 heterocycles. The summed E-state index contributed by atoms with van der Waals surface area (Å²) in [6.45, 7) is -0.205. The molecule has 0 aliphatic carbocycles. The van der Waals surface area contributed by atoms with Crippen LogP contribution in [0.4, 0.5) is 0 Å². The maximum absolute atomic E-state index is 9.98. The highest BCUT2D eigenvalue weighted by atomic mass is 16.4. The predicted octanol–water partition coefficient (Wildman–Crippen LogP) is -1.22. The molecule has 0 amide bonds. The van der Waals surface area contributed by atoms with Crippen LogP contribution in [0.5, 0.6) is 0 Å². The molecule has 0 aromatic heterocycles. The molecule has 6 nitrogen and oxygen atoms in total. The van der Waals surface area contributed by atoms with Gasteiger partial charge in [-0.15, -0.1) is 0 Å². The summed E-state index contributed by atoms with van der Waals surface area (Å²) in [6, 6.07) is 8.70. The lowest BCUT2D eigenvalue weighted by atomic mass is 9.93. The standard InChI is InChI=1S/C15H21NO5/c17-9-11-12(18)13(19)14(20)15(21)16(11)8-4-7-10-5-2-1-3-6-10/h1-7,11-15,17-21H,8-9H2/b7-4+/t11-,12-,13+,14-,15?/m1/s1. The Kier molecular flexibility index (Phi) is 5.46. The van der Waals surface area contributed by atoms with Crippen LogP contribution in [-0.2, 0) is 0 Å². The van der Waals surface area contributed by atoms with Crippen LogP contribution in [0.1, 0.15) is 5.56 Å². The molecule has 1 saturated heterocycles. The number of piperidine rings is 1. The molecule has 1 aliphatic rings. The molecule has 0 spiro atoms. The van der Waals surface area contributed by atoms with Crippen LogP contribution >= 0.6 is 0 Å². The average molecular weight is 295 g/mol. The van der Waals surface area contributed by atoms with Crippen molar-refractivity contribution in [3.8, 4) is 0 Å². The van der Waals surface area contributed by atoms with Gasteiger partial charge in [0, 0.05) is 6.54 Å². The van der Waals surface area contributed by atoms with Crippen molar-refractivity contribution < 1.29 is 25.5 Å². The number of hydrogen-bond donors (Lipinski definition) is 5. The highest BCUT2D eigenvalue weighted by molar-refractivity contribution is 5.48. The Balaban J connectivity index is 2.07. The Labute approximate surface area is 123 Å². The first kappa shape index (κ1) is 16.1. The molecular weight excluding hydrogens is 274 g/mol. The summed E-state index contributed by atoms with van der Waals surface area (Å²) >= 11 is 0. The first-order valence-corrected chi connectivity index (χ1v) is 6.86. The number of aliphatic hydroxyl groups excluding tert-OH is 5. The van der Waals surface area contributed by atoms with E-state index in [1.165, 1.54) is 4.90 Å². The average Bonchev–Trinajstić information content (AvgIpc) is 2.51. The number of aliphatic hydroxyl groups is 5. The zero-order valence-electron chi connectivity index (χ0n) is 11.5. The van der Waals surface area contributed by atoms with E-state index in [1.54, 1.807) is 6.08 Å². The molecule has 5 N–H and O–H groups in total. The van der Waals surface area contributed by atoms with Gasteiger partial charge in [-0.2, -0.15) is 0 Å². The van der Waals surface area contributed by atoms with Crippen molar-refractivity contribution >= 4 is 6.08 Å². The Morgan fingerprint density at radius 2 is 1.62 bits per heavy atom.